The second kappa shape index (κ2) is 14.8. The van der Waals surface area contributed by atoms with Crippen molar-refractivity contribution in [1.29, 1.82) is 0 Å². The molecular formula is C36H39N5O7. The average Bonchev–Trinajstić information content (AvgIpc) is 3.63. The molecule has 3 atom stereocenters. The third-order valence-corrected chi connectivity index (χ3v) is 8.40. The van der Waals surface area contributed by atoms with Crippen LogP contribution in [0.5, 0.6) is 0 Å². The van der Waals surface area contributed by atoms with Gasteiger partial charge in [-0.05, 0) is 46.7 Å². The van der Waals surface area contributed by atoms with Gasteiger partial charge < -0.3 is 36.1 Å². The normalized spacial score (nSPS) is 13.9. The van der Waals surface area contributed by atoms with Crippen molar-refractivity contribution >= 4 is 40.7 Å². The number of nitrogens with one attached hydrogen (secondary N) is 4. The number of H-pyrrole nitrogens is 1. The molecule has 3 aromatic carbocycles. The van der Waals surface area contributed by atoms with Gasteiger partial charge in [0.2, 0.25) is 11.8 Å². The number of carbonyl (C=O) groups excluding carboxylic acids is 5. The summed E-state index contributed by atoms with van der Waals surface area (Å²) in [4.78, 5) is 66.3. The minimum atomic E-state index is -1.14. The maximum absolute atomic E-state index is 13.1. The first-order valence-corrected chi connectivity index (χ1v) is 15.8. The Hall–Kier alpha value is -5.65. The molecule has 6 N–H and O–H groups in total. The monoisotopic (exact) mass is 653 g/mol. The number of carbonyl (C=O) groups is 5. The molecule has 12 nitrogen and oxygen atoms in total. The number of nitrogens with two attached hydrogens (primary N) is 1. The van der Waals surface area contributed by atoms with Crippen molar-refractivity contribution in [1.82, 2.24) is 20.9 Å². The van der Waals surface area contributed by atoms with Crippen LogP contribution >= 0.6 is 0 Å². The number of benzene rings is 3. The SMILES string of the molecule is CC(C)[C@H](NC(=O)OCC1c2ccccc2-c2ccccc21)C(=O)N[C@@H](C)C(=O)OCC(=O)N[C@@H](Cc1c[nH]c2ccccc12)C(N)=O. The molecule has 0 radical (unpaired) electrons. The average molecular weight is 654 g/mol. The van der Waals surface area contributed by atoms with E-state index in [4.69, 9.17) is 15.2 Å². The molecule has 0 saturated carbocycles. The van der Waals surface area contributed by atoms with Gasteiger partial charge in [-0.2, -0.15) is 0 Å². The molecule has 4 amide bonds. The summed E-state index contributed by atoms with van der Waals surface area (Å²) in [6, 6.07) is 20.2. The first-order valence-electron chi connectivity index (χ1n) is 15.8. The lowest BCUT2D eigenvalue weighted by Gasteiger charge is -2.24. The van der Waals surface area contributed by atoms with E-state index in [2.05, 4.69) is 20.9 Å². The Morgan fingerprint density at radius 2 is 1.44 bits per heavy atom. The van der Waals surface area contributed by atoms with Crippen LogP contribution in [0.15, 0.2) is 79.0 Å². The van der Waals surface area contributed by atoms with E-state index in [0.29, 0.717) is 0 Å². The fourth-order valence-electron chi connectivity index (χ4n) is 5.90. The molecule has 12 heteroatoms. The van der Waals surface area contributed by atoms with Crippen LogP contribution in [0.25, 0.3) is 22.0 Å². The maximum Gasteiger partial charge on any atom is 0.407 e. The minimum Gasteiger partial charge on any atom is -0.454 e. The number of alkyl carbamates (subject to hydrolysis) is 1. The van der Waals surface area contributed by atoms with Crippen molar-refractivity contribution < 1.29 is 33.4 Å². The van der Waals surface area contributed by atoms with Crippen LogP contribution in [-0.4, -0.2) is 66.1 Å². The van der Waals surface area contributed by atoms with Crippen LogP contribution in [0.2, 0.25) is 0 Å². The second-order valence-corrected chi connectivity index (χ2v) is 12.1. The van der Waals surface area contributed by atoms with Crippen LogP contribution in [0.1, 0.15) is 43.4 Å². The Morgan fingerprint density at radius 3 is 2.08 bits per heavy atom. The zero-order valence-electron chi connectivity index (χ0n) is 26.9. The predicted molar refractivity (Wildman–Crippen MR) is 179 cm³/mol. The van der Waals surface area contributed by atoms with Crippen LogP contribution in [0.3, 0.4) is 0 Å². The summed E-state index contributed by atoms with van der Waals surface area (Å²) < 4.78 is 10.7. The number of aromatic nitrogens is 1. The van der Waals surface area contributed by atoms with E-state index in [0.717, 1.165) is 38.7 Å². The number of hydrogen-bond acceptors (Lipinski definition) is 7. The van der Waals surface area contributed by atoms with Crippen LogP contribution in [0.4, 0.5) is 4.79 Å². The smallest absolute Gasteiger partial charge is 0.407 e. The Bertz CT molecular complexity index is 1790. The number of fused-ring (bicyclic) bond motifs is 4. The topological polar surface area (TPSA) is 182 Å². The first-order chi connectivity index (χ1) is 23.0. The number of aromatic amines is 1. The molecule has 0 aliphatic heterocycles. The molecular weight excluding hydrogens is 614 g/mol. The van der Waals surface area contributed by atoms with Crippen molar-refractivity contribution in [2.45, 2.75) is 51.2 Å². The number of ether oxygens (including phenoxy) is 2. The van der Waals surface area contributed by atoms with E-state index in [1.54, 1.807) is 20.0 Å². The zero-order chi connectivity index (χ0) is 34.4. The molecule has 1 heterocycles. The highest BCUT2D eigenvalue weighted by molar-refractivity contribution is 5.92. The molecule has 0 bridgehead atoms. The molecule has 48 heavy (non-hydrogen) atoms. The van der Waals surface area contributed by atoms with Crippen LogP contribution < -0.4 is 21.7 Å². The number of hydrogen-bond donors (Lipinski definition) is 5. The van der Waals surface area contributed by atoms with Crippen molar-refractivity contribution in [2.24, 2.45) is 11.7 Å². The van der Waals surface area contributed by atoms with E-state index in [-0.39, 0.29) is 24.9 Å². The van der Waals surface area contributed by atoms with Gasteiger partial charge in [0.25, 0.3) is 5.91 Å². The Kier molecular flexibility index (Phi) is 10.4. The lowest BCUT2D eigenvalue weighted by atomic mass is 9.98. The molecule has 0 unspecified atom stereocenters. The van der Waals surface area contributed by atoms with Crippen molar-refractivity contribution in [3.05, 3.63) is 95.7 Å². The quantitative estimate of drug-likeness (QED) is 0.137. The highest BCUT2D eigenvalue weighted by Gasteiger charge is 2.31. The largest absolute Gasteiger partial charge is 0.454 e. The number of para-hydroxylation sites is 1. The number of esters is 1. The highest BCUT2D eigenvalue weighted by atomic mass is 16.5. The van der Waals surface area contributed by atoms with Crippen molar-refractivity contribution in [3.8, 4) is 11.1 Å². The Labute approximate surface area is 277 Å². The summed E-state index contributed by atoms with van der Waals surface area (Å²) in [5, 5.41) is 8.52. The second-order valence-electron chi connectivity index (χ2n) is 12.1. The fourth-order valence-corrected chi connectivity index (χ4v) is 5.90. The third-order valence-electron chi connectivity index (χ3n) is 8.40. The van der Waals surface area contributed by atoms with E-state index in [1.807, 2.05) is 72.8 Å². The highest BCUT2D eigenvalue weighted by Crippen LogP contribution is 2.44. The van der Waals surface area contributed by atoms with Gasteiger partial charge >= 0.3 is 12.1 Å². The van der Waals surface area contributed by atoms with Gasteiger partial charge in [-0.1, -0.05) is 80.6 Å². The lowest BCUT2D eigenvalue weighted by molar-refractivity contribution is -0.151. The van der Waals surface area contributed by atoms with Crippen LogP contribution in [0, 0.1) is 5.92 Å². The summed E-state index contributed by atoms with van der Waals surface area (Å²) in [6.45, 7) is 4.27. The van der Waals surface area contributed by atoms with Gasteiger partial charge in [-0.3, -0.25) is 14.4 Å². The predicted octanol–water partition coefficient (Wildman–Crippen LogP) is 3.29. The molecule has 1 aromatic heterocycles. The molecule has 0 saturated heterocycles. The summed E-state index contributed by atoms with van der Waals surface area (Å²) in [6.07, 6.45) is 1.11. The molecule has 5 rings (SSSR count). The minimum absolute atomic E-state index is 0.0788. The fraction of sp³-hybridized carbons (Fsp3) is 0.306. The Balaban J connectivity index is 1.09. The standard InChI is InChI=1S/C36H39N5O7/c1-20(2)32(41-36(46)48-18-28-26-13-6-4-11-24(26)25-12-5-7-14-27(25)28)34(44)39-21(3)35(45)47-19-31(42)40-30(33(37)43)16-22-17-38-29-15-9-8-10-23(22)29/h4-15,17,20-21,28,30,32,38H,16,18-19H2,1-3H3,(H2,37,43)(H,39,44)(H,40,42)(H,41,46)/t21-,30-,32-/m0/s1. The van der Waals surface area contributed by atoms with Gasteiger partial charge in [0.15, 0.2) is 6.61 Å². The maximum atomic E-state index is 13.1. The summed E-state index contributed by atoms with van der Waals surface area (Å²) in [5.74, 6) is -3.48. The Morgan fingerprint density at radius 1 is 0.812 bits per heavy atom. The van der Waals surface area contributed by atoms with Gasteiger partial charge in [0.1, 0.15) is 24.7 Å². The zero-order valence-corrected chi connectivity index (χ0v) is 26.9. The summed E-state index contributed by atoms with van der Waals surface area (Å²) in [7, 11) is 0. The summed E-state index contributed by atoms with van der Waals surface area (Å²) >= 11 is 0. The molecule has 250 valence electrons. The first kappa shape index (κ1) is 33.7. The molecule has 0 fully saturated rings. The number of rotatable bonds is 13. The van der Waals surface area contributed by atoms with Gasteiger partial charge in [-0.25, -0.2) is 9.59 Å². The van der Waals surface area contributed by atoms with E-state index in [9.17, 15) is 24.0 Å². The van der Waals surface area contributed by atoms with E-state index in [1.165, 1.54) is 6.92 Å². The lowest BCUT2D eigenvalue weighted by Crippen LogP contribution is -2.53. The van der Waals surface area contributed by atoms with E-state index >= 15 is 0 Å². The third kappa shape index (κ3) is 7.65. The van der Waals surface area contributed by atoms with Crippen molar-refractivity contribution in [2.75, 3.05) is 13.2 Å². The molecule has 4 aromatic rings. The van der Waals surface area contributed by atoms with Gasteiger partial charge in [0, 0.05) is 29.4 Å². The van der Waals surface area contributed by atoms with E-state index < -0.39 is 54.5 Å². The molecule has 0 spiro atoms. The van der Waals surface area contributed by atoms with Gasteiger partial charge in [-0.15, -0.1) is 0 Å². The van der Waals surface area contributed by atoms with Crippen LogP contribution in [-0.2, 0) is 35.1 Å². The summed E-state index contributed by atoms with van der Waals surface area (Å²) in [5.41, 5.74) is 11.5. The number of primary amides is 1. The van der Waals surface area contributed by atoms with Crippen molar-refractivity contribution in [3.63, 3.8) is 0 Å². The molecule has 1 aliphatic rings. The van der Waals surface area contributed by atoms with Gasteiger partial charge in [0.05, 0.1) is 0 Å². The number of amides is 4. The molecule has 1 aliphatic carbocycles.